The Kier molecular flexibility index (Phi) is 7.58. The van der Waals surface area contributed by atoms with Gasteiger partial charge in [0, 0.05) is 52.2 Å². The summed E-state index contributed by atoms with van der Waals surface area (Å²) in [4.78, 5) is 13.6. The molecular formula is C26H24ClIN2O3S2. The van der Waals surface area contributed by atoms with Gasteiger partial charge >= 0.3 is 0 Å². The number of hydrogen-bond donors (Lipinski definition) is 0. The molecule has 5 rings (SSSR count). The minimum atomic E-state index is -3.99. The Labute approximate surface area is 227 Å². The van der Waals surface area contributed by atoms with Crippen LogP contribution in [-0.2, 0) is 14.8 Å². The first-order valence-electron chi connectivity index (χ1n) is 11.4. The number of halogens is 2. The molecule has 0 N–H and O–H groups in total. The van der Waals surface area contributed by atoms with E-state index >= 15 is 0 Å². The molecule has 9 heteroatoms. The van der Waals surface area contributed by atoms with Crippen LogP contribution in [0.5, 0.6) is 0 Å². The highest BCUT2D eigenvalue weighted by Gasteiger charge is 2.52. The van der Waals surface area contributed by atoms with Crippen molar-refractivity contribution in [3.63, 3.8) is 0 Å². The summed E-state index contributed by atoms with van der Waals surface area (Å²) in [6, 6.07) is 25.0. The number of benzene rings is 3. The van der Waals surface area contributed by atoms with E-state index in [1.54, 1.807) is 37.7 Å². The molecule has 0 aromatic heterocycles. The lowest BCUT2D eigenvalue weighted by molar-refractivity contribution is -0.131. The third-order valence-corrected chi connectivity index (χ3v) is 11.5. The van der Waals surface area contributed by atoms with Gasteiger partial charge in [0.05, 0.1) is 11.1 Å². The molecule has 0 saturated carbocycles. The van der Waals surface area contributed by atoms with Gasteiger partial charge in [-0.05, 0) is 38.8 Å². The van der Waals surface area contributed by atoms with E-state index in [2.05, 4.69) is 37.6 Å². The summed E-state index contributed by atoms with van der Waals surface area (Å²) in [6.07, 6.45) is 0.661. The molecule has 3 aromatic rings. The average Bonchev–Trinajstić information content (AvgIpc) is 2.89. The van der Waals surface area contributed by atoms with E-state index in [-0.39, 0.29) is 28.2 Å². The van der Waals surface area contributed by atoms with Crippen molar-refractivity contribution >= 4 is 57.7 Å². The minimum absolute atomic E-state index is 0.0226. The zero-order valence-corrected chi connectivity index (χ0v) is 23.3. The number of fused-ring (bicyclic) bond motifs is 1. The van der Waals surface area contributed by atoms with Crippen LogP contribution in [0.2, 0.25) is 5.02 Å². The smallest absolute Gasteiger partial charge is 0.245 e. The fourth-order valence-electron chi connectivity index (χ4n) is 5.32. The van der Waals surface area contributed by atoms with Gasteiger partial charge in [0.1, 0.15) is 10.7 Å². The Morgan fingerprint density at radius 2 is 1.43 bits per heavy atom. The van der Waals surface area contributed by atoms with Gasteiger partial charge in [-0.2, -0.15) is 4.31 Å². The third kappa shape index (κ3) is 4.81. The lowest BCUT2D eigenvalue weighted by Gasteiger charge is -2.51. The number of nitrogens with zero attached hydrogens (tertiary/aromatic N) is 2. The Morgan fingerprint density at radius 3 is 2.03 bits per heavy atom. The largest absolute Gasteiger partial charge is 0.299 e. The predicted octanol–water partition coefficient (Wildman–Crippen LogP) is 6.47. The van der Waals surface area contributed by atoms with Crippen molar-refractivity contribution in [1.29, 1.82) is 0 Å². The summed E-state index contributed by atoms with van der Waals surface area (Å²) in [6.45, 7) is 0.493. The van der Waals surface area contributed by atoms with Crippen molar-refractivity contribution in [2.45, 2.75) is 35.9 Å². The Hall–Kier alpha value is -1.43. The van der Waals surface area contributed by atoms with E-state index in [1.807, 2.05) is 48.5 Å². The first kappa shape index (κ1) is 25.2. The van der Waals surface area contributed by atoms with Gasteiger partial charge in [0.25, 0.3) is 0 Å². The maximum Gasteiger partial charge on any atom is 0.245 e. The Morgan fingerprint density at radius 1 is 0.857 bits per heavy atom. The highest BCUT2D eigenvalue weighted by molar-refractivity contribution is 14.2. The van der Waals surface area contributed by atoms with Gasteiger partial charge in [-0.25, -0.2) is 12.7 Å². The summed E-state index contributed by atoms with van der Waals surface area (Å²) in [7, 11) is -2.42. The number of hydrogen-bond acceptors (Lipinski definition) is 5. The molecule has 0 aliphatic carbocycles. The molecule has 2 aliphatic heterocycles. The fourth-order valence-corrected chi connectivity index (χ4v) is 9.49. The number of rotatable bonds is 5. The van der Waals surface area contributed by atoms with Crippen LogP contribution in [0.1, 0.15) is 36.1 Å². The second-order valence-corrected chi connectivity index (χ2v) is 12.9. The number of sulfonamides is 1. The van der Waals surface area contributed by atoms with Crippen molar-refractivity contribution in [2.75, 3.05) is 6.54 Å². The lowest BCUT2D eigenvalue weighted by Crippen LogP contribution is -2.59. The normalized spacial score (nSPS) is 25.8. The molecule has 4 atom stereocenters. The number of ketones is 1. The third-order valence-electron chi connectivity index (χ3n) is 6.95. The second-order valence-electron chi connectivity index (χ2n) is 8.87. The van der Waals surface area contributed by atoms with Crippen molar-refractivity contribution in [2.24, 2.45) is 5.92 Å². The molecule has 0 unspecified atom stereocenters. The van der Waals surface area contributed by atoms with Crippen molar-refractivity contribution < 1.29 is 13.2 Å². The zero-order valence-electron chi connectivity index (χ0n) is 18.7. The SMILES string of the molecule is O=C1C[C@@H](c2ccccc2)N(S(=O)(=O)c2ccccc2Cl)[C@H]2C[C@@H](c3ccccc3)N(SI)C[C@@H]12. The van der Waals surface area contributed by atoms with Crippen LogP contribution in [-0.4, -0.2) is 35.4 Å². The van der Waals surface area contributed by atoms with Crippen molar-refractivity contribution in [1.82, 2.24) is 8.61 Å². The molecule has 3 aromatic carbocycles. The summed E-state index contributed by atoms with van der Waals surface area (Å²) in [5.41, 5.74) is 1.93. The molecule has 2 fully saturated rings. The van der Waals surface area contributed by atoms with Crippen LogP contribution in [0.4, 0.5) is 0 Å². The minimum Gasteiger partial charge on any atom is -0.299 e. The summed E-state index contributed by atoms with van der Waals surface area (Å²) >= 11 is 8.66. The van der Waals surface area contributed by atoms with Gasteiger partial charge in [-0.1, -0.05) is 84.4 Å². The van der Waals surface area contributed by atoms with E-state index in [0.717, 1.165) is 11.1 Å². The van der Waals surface area contributed by atoms with Crippen LogP contribution >= 0.6 is 41.9 Å². The second kappa shape index (κ2) is 10.5. The van der Waals surface area contributed by atoms with E-state index < -0.39 is 28.0 Å². The quantitative estimate of drug-likeness (QED) is 0.237. The van der Waals surface area contributed by atoms with Gasteiger partial charge < -0.3 is 0 Å². The van der Waals surface area contributed by atoms with E-state index in [9.17, 15) is 13.2 Å². The van der Waals surface area contributed by atoms with Gasteiger partial charge in [0.2, 0.25) is 10.0 Å². The average molecular weight is 639 g/mol. The highest BCUT2D eigenvalue weighted by Crippen LogP contribution is 2.49. The fraction of sp³-hybridized carbons (Fsp3) is 0.269. The van der Waals surface area contributed by atoms with Crippen molar-refractivity contribution in [3.05, 3.63) is 101 Å². The summed E-state index contributed by atoms with van der Waals surface area (Å²) in [5, 5.41) is 0.188. The number of carbonyl (C=O) groups excluding carboxylic acids is 1. The molecule has 182 valence electrons. The Bertz CT molecular complexity index is 1310. The molecular weight excluding hydrogens is 615 g/mol. The first-order chi connectivity index (χ1) is 16.9. The zero-order chi connectivity index (χ0) is 24.6. The standard InChI is InChI=1S/C26H24ClIN2O3S2/c27-21-13-7-8-14-26(21)35(32,33)30-23(19-11-5-2-6-12-19)16-25(31)20-17-29(34-28)22(15-24(20)30)18-9-3-1-4-10-18/h1-14,20,22-24H,15-17H2/t20-,22+,23+,24+/m1/s1. The lowest BCUT2D eigenvalue weighted by atomic mass is 9.77. The Balaban J connectivity index is 1.65. The molecule has 35 heavy (non-hydrogen) atoms. The highest BCUT2D eigenvalue weighted by atomic mass is 127. The summed E-state index contributed by atoms with van der Waals surface area (Å²) in [5.74, 6) is -0.300. The van der Waals surface area contributed by atoms with Crippen LogP contribution in [0.15, 0.2) is 89.8 Å². The molecule has 2 saturated heterocycles. The van der Waals surface area contributed by atoms with E-state index in [0.29, 0.717) is 13.0 Å². The maximum absolute atomic E-state index is 14.3. The molecule has 0 amide bonds. The topological polar surface area (TPSA) is 57.7 Å². The van der Waals surface area contributed by atoms with Crippen molar-refractivity contribution in [3.8, 4) is 0 Å². The van der Waals surface area contributed by atoms with Gasteiger partial charge in [0.15, 0.2) is 0 Å². The molecule has 0 radical (unpaired) electrons. The molecule has 2 aliphatic rings. The molecule has 0 spiro atoms. The van der Waals surface area contributed by atoms with Crippen LogP contribution in [0.25, 0.3) is 0 Å². The maximum atomic E-state index is 14.3. The van der Waals surface area contributed by atoms with E-state index in [4.69, 9.17) is 11.6 Å². The predicted molar refractivity (Wildman–Crippen MR) is 149 cm³/mol. The molecule has 5 nitrogen and oxygen atoms in total. The van der Waals surface area contributed by atoms with Crippen LogP contribution < -0.4 is 0 Å². The first-order valence-corrected chi connectivity index (χ1v) is 16.5. The number of carbonyl (C=O) groups is 1. The van der Waals surface area contributed by atoms with Gasteiger partial charge in [-0.15, -0.1) is 0 Å². The molecule has 2 heterocycles. The number of piperidine rings is 2. The van der Waals surface area contributed by atoms with Crippen LogP contribution in [0.3, 0.4) is 0 Å². The number of Topliss-reactive ketones (excluding diaryl/α,β-unsaturated/α-hetero) is 1. The van der Waals surface area contributed by atoms with E-state index in [1.165, 1.54) is 0 Å². The monoisotopic (exact) mass is 638 g/mol. The van der Waals surface area contributed by atoms with Gasteiger partial charge in [-0.3, -0.25) is 4.79 Å². The van der Waals surface area contributed by atoms with Crippen LogP contribution in [0, 0.1) is 5.92 Å². The summed E-state index contributed by atoms with van der Waals surface area (Å²) < 4.78 is 32.3. The molecule has 0 bridgehead atoms.